The summed E-state index contributed by atoms with van der Waals surface area (Å²) in [5, 5.41) is 2.92. The molecule has 2 amide bonds. The molecular weight excluding hydrogens is 328 g/mol. The summed E-state index contributed by atoms with van der Waals surface area (Å²) in [4.78, 5) is 31.8. The van der Waals surface area contributed by atoms with Crippen molar-refractivity contribution in [3.05, 3.63) is 35.9 Å². The van der Waals surface area contributed by atoms with Gasteiger partial charge in [0.2, 0.25) is 5.82 Å². The Kier molecular flexibility index (Phi) is 7.63. The first-order chi connectivity index (χ1) is 12.6. The van der Waals surface area contributed by atoms with Crippen molar-refractivity contribution >= 4 is 17.3 Å². The fourth-order valence-electron chi connectivity index (χ4n) is 3.01. The van der Waals surface area contributed by atoms with Gasteiger partial charge in [0.25, 0.3) is 11.8 Å². The molecule has 0 unspecified atom stereocenters. The lowest BCUT2D eigenvalue weighted by Crippen LogP contribution is -2.34. The number of nitrogens with zero attached hydrogens (tertiary/aromatic N) is 3. The first-order valence-electron chi connectivity index (χ1n) is 9.68. The van der Waals surface area contributed by atoms with Crippen molar-refractivity contribution in [2.45, 2.75) is 52.9 Å². The van der Waals surface area contributed by atoms with Gasteiger partial charge >= 0.3 is 0 Å². The molecule has 142 valence electrons. The predicted octanol–water partition coefficient (Wildman–Crippen LogP) is 3.52. The van der Waals surface area contributed by atoms with E-state index >= 15 is 0 Å². The molecule has 0 atom stereocenters. The minimum Gasteiger partial charge on any atom is -0.351 e. The Hall–Kier alpha value is -2.37. The number of nitrogens with one attached hydrogen (secondary N) is 1. The number of amides is 2. The molecule has 2 aromatic rings. The molecule has 2 rings (SSSR count). The quantitative estimate of drug-likeness (QED) is 0.661. The van der Waals surface area contributed by atoms with Crippen LogP contribution >= 0.6 is 0 Å². The lowest BCUT2D eigenvalue weighted by molar-refractivity contribution is 0.0742. The van der Waals surface area contributed by atoms with Crippen molar-refractivity contribution in [2.24, 2.45) is 0 Å². The Balaban J connectivity index is 2.30. The second kappa shape index (κ2) is 9.94. The molecule has 1 N–H and O–H groups in total. The Morgan fingerprint density at radius 2 is 1.81 bits per heavy atom. The minimum absolute atomic E-state index is 0.125. The van der Waals surface area contributed by atoms with Crippen LogP contribution in [-0.2, 0) is 0 Å². The van der Waals surface area contributed by atoms with E-state index in [1.165, 1.54) is 0 Å². The number of hydrogen-bond donors (Lipinski definition) is 1. The van der Waals surface area contributed by atoms with E-state index in [-0.39, 0.29) is 11.8 Å². The van der Waals surface area contributed by atoms with E-state index in [1.807, 2.05) is 23.1 Å². The molecule has 0 bridgehead atoms. The van der Waals surface area contributed by atoms with Crippen LogP contribution in [0.15, 0.2) is 24.4 Å². The number of rotatable bonds is 10. The SMILES string of the molecule is CCCCCNC(=O)c1nc(C(=O)N(CCC)CCC)n2ccccc12. The maximum atomic E-state index is 13.0. The Morgan fingerprint density at radius 3 is 2.46 bits per heavy atom. The van der Waals surface area contributed by atoms with Crippen LogP contribution in [-0.4, -0.2) is 45.7 Å². The number of carbonyl (C=O) groups excluding carboxylic acids is 2. The van der Waals surface area contributed by atoms with Gasteiger partial charge in [0.05, 0.1) is 5.52 Å². The number of imidazole rings is 1. The lowest BCUT2D eigenvalue weighted by atomic mass is 10.2. The van der Waals surface area contributed by atoms with Crippen LogP contribution < -0.4 is 5.32 Å². The minimum atomic E-state index is -0.221. The fraction of sp³-hybridized carbons (Fsp3) is 0.550. The summed E-state index contributed by atoms with van der Waals surface area (Å²) >= 11 is 0. The molecule has 0 fully saturated rings. The number of carbonyl (C=O) groups is 2. The molecule has 0 aliphatic heterocycles. The van der Waals surface area contributed by atoms with Crippen LogP contribution in [0.25, 0.3) is 5.52 Å². The highest BCUT2D eigenvalue weighted by Gasteiger charge is 2.24. The summed E-state index contributed by atoms with van der Waals surface area (Å²) in [6.45, 7) is 8.23. The van der Waals surface area contributed by atoms with Gasteiger partial charge in [-0.3, -0.25) is 14.0 Å². The highest BCUT2D eigenvalue weighted by molar-refractivity contribution is 6.02. The molecule has 0 radical (unpaired) electrons. The third kappa shape index (κ3) is 4.62. The molecule has 0 saturated carbocycles. The average molecular weight is 358 g/mol. The number of fused-ring (bicyclic) bond motifs is 1. The predicted molar refractivity (Wildman–Crippen MR) is 104 cm³/mol. The van der Waals surface area contributed by atoms with Crippen LogP contribution in [0.2, 0.25) is 0 Å². The van der Waals surface area contributed by atoms with Gasteiger partial charge in [-0.25, -0.2) is 4.98 Å². The summed E-state index contributed by atoms with van der Waals surface area (Å²) in [7, 11) is 0. The number of unbranched alkanes of at least 4 members (excludes halogenated alkanes) is 2. The van der Waals surface area contributed by atoms with Crippen LogP contribution in [0.4, 0.5) is 0 Å². The van der Waals surface area contributed by atoms with E-state index in [9.17, 15) is 9.59 Å². The Morgan fingerprint density at radius 1 is 1.08 bits per heavy atom. The summed E-state index contributed by atoms with van der Waals surface area (Å²) < 4.78 is 1.72. The first kappa shape index (κ1) is 19.9. The van der Waals surface area contributed by atoms with Gasteiger partial charge in [-0.1, -0.05) is 39.7 Å². The van der Waals surface area contributed by atoms with Gasteiger partial charge in [0.1, 0.15) is 0 Å². The summed E-state index contributed by atoms with van der Waals surface area (Å²) in [5.41, 5.74) is 0.982. The van der Waals surface area contributed by atoms with Crippen LogP contribution in [0.1, 0.15) is 74.0 Å². The third-order valence-electron chi connectivity index (χ3n) is 4.29. The van der Waals surface area contributed by atoms with Crippen molar-refractivity contribution in [3.8, 4) is 0 Å². The van der Waals surface area contributed by atoms with E-state index in [1.54, 1.807) is 10.6 Å². The van der Waals surface area contributed by atoms with Gasteiger partial charge < -0.3 is 10.2 Å². The van der Waals surface area contributed by atoms with E-state index in [2.05, 4.69) is 31.1 Å². The summed E-state index contributed by atoms with van der Waals surface area (Å²) in [6.07, 6.45) is 6.70. The normalized spacial score (nSPS) is 10.9. The number of pyridine rings is 1. The zero-order valence-corrected chi connectivity index (χ0v) is 16.1. The second-order valence-corrected chi connectivity index (χ2v) is 6.50. The highest BCUT2D eigenvalue weighted by Crippen LogP contribution is 2.15. The molecule has 0 saturated heterocycles. The van der Waals surface area contributed by atoms with Gasteiger partial charge in [0, 0.05) is 25.8 Å². The largest absolute Gasteiger partial charge is 0.351 e. The smallest absolute Gasteiger partial charge is 0.290 e. The highest BCUT2D eigenvalue weighted by atomic mass is 16.2. The molecule has 26 heavy (non-hydrogen) atoms. The van der Waals surface area contributed by atoms with Crippen molar-refractivity contribution in [1.29, 1.82) is 0 Å². The maximum Gasteiger partial charge on any atom is 0.290 e. The van der Waals surface area contributed by atoms with Crippen molar-refractivity contribution in [2.75, 3.05) is 19.6 Å². The Bertz CT molecular complexity index is 732. The number of aromatic nitrogens is 2. The monoisotopic (exact) mass is 358 g/mol. The van der Waals surface area contributed by atoms with Gasteiger partial charge in [-0.2, -0.15) is 0 Å². The lowest BCUT2D eigenvalue weighted by Gasteiger charge is -2.20. The van der Waals surface area contributed by atoms with E-state index < -0.39 is 0 Å². The van der Waals surface area contributed by atoms with Crippen LogP contribution in [0.5, 0.6) is 0 Å². The molecule has 2 heterocycles. The van der Waals surface area contributed by atoms with Crippen molar-refractivity contribution in [3.63, 3.8) is 0 Å². The first-order valence-corrected chi connectivity index (χ1v) is 9.68. The zero-order chi connectivity index (χ0) is 18.9. The molecule has 6 nitrogen and oxygen atoms in total. The van der Waals surface area contributed by atoms with Crippen LogP contribution in [0.3, 0.4) is 0 Å². The molecule has 0 aliphatic rings. The van der Waals surface area contributed by atoms with E-state index in [0.717, 1.165) is 32.1 Å². The third-order valence-corrected chi connectivity index (χ3v) is 4.29. The standard InChI is InChI=1S/C20H30N4O2/c1-4-7-9-12-21-19(25)17-16-11-8-10-15-24(16)18(22-17)20(26)23(13-5-2)14-6-3/h8,10-11,15H,4-7,9,12-14H2,1-3H3,(H,21,25). The van der Waals surface area contributed by atoms with Gasteiger partial charge in [-0.15, -0.1) is 0 Å². The molecule has 6 heteroatoms. The molecule has 0 spiro atoms. The topological polar surface area (TPSA) is 66.7 Å². The van der Waals surface area contributed by atoms with Gasteiger partial charge in [0.15, 0.2) is 5.69 Å². The molecule has 2 aromatic heterocycles. The summed E-state index contributed by atoms with van der Waals surface area (Å²) in [6, 6.07) is 5.53. The molecule has 0 aromatic carbocycles. The van der Waals surface area contributed by atoms with Gasteiger partial charge in [-0.05, 0) is 31.4 Å². The van der Waals surface area contributed by atoms with Crippen molar-refractivity contribution in [1.82, 2.24) is 19.6 Å². The zero-order valence-electron chi connectivity index (χ0n) is 16.1. The average Bonchev–Trinajstić information content (AvgIpc) is 3.04. The van der Waals surface area contributed by atoms with E-state index in [4.69, 9.17) is 0 Å². The molecular formula is C20H30N4O2. The maximum absolute atomic E-state index is 13.0. The molecule has 0 aliphatic carbocycles. The van der Waals surface area contributed by atoms with Crippen molar-refractivity contribution < 1.29 is 9.59 Å². The summed E-state index contributed by atoms with van der Waals surface area (Å²) in [5.74, 6) is -0.0393. The fourth-order valence-corrected chi connectivity index (χ4v) is 3.01. The van der Waals surface area contributed by atoms with E-state index in [0.29, 0.717) is 36.7 Å². The number of hydrogen-bond acceptors (Lipinski definition) is 3. The Labute approximate surface area is 155 Å². The second-order valence-electron chi connectivity index (χ2n) is 6.50. The van der Waals surface area contributed by atoms with Crippen LogP contribution in [0, 0.1) is 0 Å².